The third-order valence-corrected chi connectivity index (χ3v) is 14.5. The zero-order chi connectivity index (χ0) is 31.9. The molecule has 0 saturated carbocycles. The van der Waals surface area contributed by atoms with Gasteiger partial charge in [-0.25, -0.2) is 0 Å². The number of anilines is 9. The minimum Gasteiger partial charge on any atom is -0.308 e. The molecule has 0 fully saturated rings. The van der Waals surface area contributed by atoms with Crippen LogP contribution in [0, 0.1) is 0 Å². The van der Waals surface area contributed by atoms with E-state index < -0.39 is 6.04 Å². The summed E-state index contributed by atoms with van der Waals surface area (Å²) < 4.78 is 0. The lowest BCUT2D eigenvalue weighted by Crippen LogP contribution is -2.47. The van der Waals surface area contributed by atoms with Crippen LogP contribution in [0.25, 0.3) is 18.2 Å². The third kappa shape index (κ3) is 3.60. The van der Waals surface area contributed by atoms with Gasteiger partial charge in [0.2, 0.25) is 0 Å². The first kappa shape index (κ1) is 27.9. The molecule has 0 amide bonds. The van der Waals surface area contributed by atoms with Crippen LogP contribution in [0.4, 0.5) is 51.2 Å². The lowest BCUT2D eigenvalue weighted by Gasteiger charge is -2.51. The van der Waals surface area contributed by atoms with Crippen molar-refractivity contribution in [3.8, 4) is 0 Å². The topological polar surface area (TPSA) is 9.72 Å². The minimum absolute atomic E-state index is 1.06. The molecule has 0 N–H and O–H groups in total. The molecule has 3 heterocycles. The van der Waals surface area contributed by atoms with E-state index in [0.717, 1.165) is 67.9 Å². The summed E-state index contributed by atoms with van der Waals surface area (Å²) in [5, 5.41) is 3.64. The average molecular weight is 640 g/mol. The Morgan fingerprint density at radius 1 is 0.362 bits per heavy atom. The maximum Gasteiger partial charge on any atom is 0.0574 e. The van der Waals surface area contributed by atoms with Crippen LogP contribution >= 0.6 is 6.04 Å². The van der Waals surface area contributed by atoms with Crippen molar-refractivity contribution in [2.75, 3.05) is 14.7 Å². The molecule has 3 nitrogen and oxygen atoms in total. The fraction of sp³-hybridized carbons (Fsp3) is 0. The maximum absolute atomic E-state index is 7.25. The van der Waals surface area contributed by atoms with Crippen LogP contribution in [-0.4, -0.2) is 0 Å². The van der Waals surface area contributed by atoms with Crippen molar-refractivity contribution >= 4 is 103 Å². The van der Waals surface area contributed by atoms with Crippen LogP contribution in [0.5, 0.6) is 0 Å². The monoisotopic (exact) mass is 639 g/mol. The second-order valence-electron chi connectivity index (χ2n) is 11.8. The SMILES string of the molecule is C=Cc1ccccc1N1c2cccc3c2P2(=S)c4c1cccc4N(c1ccccc1C=C)c1cccc(c12)N3c1ccccc1C=C. The van der Waals surface area contributed by atoms with Crippen LogP contribution in [0.1, 0.15) is 16.7 Å². The van der Waals surface area contributed by atoms with Crippen LogP contribution in [-0.2, 0) is 11.8 Å². The summed E-state index contributed by atoms with van der Waals surface area (Å²) in [5.74, 6) is 0. The molecule has 6 aromatic carbocycles. The van der Waals surface area contributed by atoms with Crippen LogP contribution in [0.3, 0.4) is 0 Å². The van der Waals surface area contributed by atoms with Crippen molar-refractivity contribution < 1.29 is 0 Å². The first-order valence-electron chi connectivity index (χ1n) is 15.7. The zero-order valence-electron chi connectivity index (χ0n) is 25.7. The van der Waals surface area contributed by atoms with E-state index in [2.05, 4.69) is 162 Å². The predicted octanol–water partition coefficient (Wildman–Crippen LogP) is 10.7. The van der Waals surface area contributed by atoms with Gasteiger partial charge in [-0.15, -0.1) is 0 Å². The van der Waals surface area contributed by atoms with Crippen molar-refractivity contribution in [3.05, 3.63) is 164 Å². The van der Waals surface area contributed by atoms with Crippen molar-refractivity contribution in [2.45, 2.75) is 0 Å². The van der Waals surface area contributed by atoms with E-state index in [1.165, 1.54) is 15.9 Å². The molecule has 0 unspecified atom stereocenters. The summed E-state index contributed by atoms with van der Waals surface area (Å²) in [4.78, 5) is 7.23. The van der Waals surface area contributed by atoms with E-state index in [4.69, 9.17) is 11.8 Å². The number of benzene rings is 6. The summed E-state index contributed by atoms with van der Waals surface area (Å²) in [6.07, 6.45) is 5.83. The van der Waals surface area contributed by atoms with Gasteiger partial charge < -0.3 is 14.7 Å². The fourth-order valence-electron chi connectivity index (χ4n) is 7.70. The van der Waals surface area contributed by atoms with E-state index in [-0.39, 0.29) is 0 Å². The summed E-state index contributed by atoms with van der Waals surface area (Å²) in [5.41, 5.74) is 13.1. The average Bonchev–Trinajstić information content (AvgIpc) is 3.12. The first-order chi connectivity index (χ1) is 23.1. The van der Waals surface area contributed by atoms with E-state index >= 15 is 0 Å². The number of para-hydroxylation sites is 3. The molecule has 0 aliphatic carbocycles. The zero-order valence-corrected chi connectivity index (χ0v) is 27.4. The highest BCUT2D eigenvalue weighted by molar-refractivity contribution is 8.26. The standard InChI is InChI=1S/C42H30N3PS/c1-4-28-16-7-10-19-31(28)43-34-22-13-24-36-40(34)46(47)41-35(43)23-14-25-37(41)45(33-21-12-9-18-30(33)6-3)39-27-15-26-38(42(39)46)44(36)32-20-11-8-17-29(32)5-2/h4-27H,1-3H2. The van der Waals surface area contributed by atoms with Gasteiger partial charge in [-0.2, -0.15) is 0 Å². The van der Waals surface area contributed by atoms with E-state index in [1.54, 1.807) is 0 Å². The van der Waals surface area contributed by atoms with Gasteiger partial charge in [0.15, 0.2) is 0 Å². The molecule has 0 bridgehead atoms. The molecular formula is C42H30N3PS. The third-order valence-electron chi connectivity index (χ3n) is 9.56. The molecule has 47 heavy (non-hydrogen) atoms. The largest absolute Gasteiger partial charge is 0.308 e. The van der Waals surface area contributed by atoms with Gasteiger partial charge >= 0.3 is 0 Å². The van der Waals surface area contributed by atoms with Crippen molar-refractivity contribution in [3.63, 3.8) is 0 Å². The van der Waals surface area contributed by atoms with Crippen molar-refractivity contribution in [1.82, 2.24) is 0 Å². The number of nitrogens with zero attached hydrogens (tertiary/aromatic N) is 3. The molecule has 6 aromatic rings. The molecule has 5 heteroatoms. The molecular weight excluding hydrogens is 610 g/mol. The van der Waals surface area contributed by atoms with Gasteiger partial charge in [-0.3, -0.25) is 0 Å². The van der Waals surface area contributed by atoms with E-state index in [1.807, 2.05) is 18.2 Å². The molecule has 0 atom stereocenters. The highest BCUT2D eigenvalue weighted by atomic mass is 32.4. The molecule has 224 valence electrons. The Bertz CT molecular complexity index is 2060. The first-order valence-corrected chi connectivity index (χ1v) is 18.5. The normalized spacial score (nSPS) is 14.3. The Morgan fingerprint density at radius 3 is 0.851 bits per heavy atom. The highest BCUT2D eigenvalue weighted by Crippen LogP contribution is 2.67. The summed E-state index contributed by atoms with van der Waals surface area (Å²) in [6, 6.07) is 42.8. The van der Waals surface area contributed by atoms with Crippen LogP contribution < -0.4 is 30.6 Å². The second-order valence-corrected chi connectivity index (χ2v) is 16.0. The van der Waals surface area contributed by atoms with Gasteiger partial charge in [0.1, 0.15) is 0 Å². The number of hydrogen-bond acceptors (Lipinski definition) is 4. The van der Waals surface area contributed by atoms with Gasteiger partial charge in [0.05, 0.1) is 57.2 Å². The second kappa shape index (κ2) is 10.3. The molecule has 0 spiro atoms. The molecule has 0 aromatic heterocycles. The minimum atomic E-state index is -2.60. The fourth-order valence-corrected chi connectivity index (χ4v) is 13.0. The lowest BCUT2D eigenvalue weighted by molar-refractivity contribution is 1.22. The lowest BCUT2D eigenvalue weighted by atomic mass is 10.0. The van der Waals surface area contributed by atoms with Crippen molar-refractivity contribution in [1.29, 1.82) is 0 Å². The number of rotatable bonds is 6. The van der Waals surface area contributed by atoms with Crippen LogP contribution in [0.15, 0.2) is 147 Å². The predicted molar refractivity (Wildman–Crippen MR) is 208 cm³/mol. The smallest absolute Gasteiger partial charge is 0.0574 e. The van der Waals surface area contributed by atoms with Crippen LogP contribution in [0.2, 0.25) is 0 Å². The van der Waals surface area contributed by atoms with E-state index in [9.17, 15) is 0 Å². The molecule has 3 aliphatic rings. The Hall–Kier alpha value is -5.41. The van der Waals surface area contributed by atoms with Gasteiger partial charge in [0, 0.05) is 15.9 Å². The Labute approximate surface area is 280 Å². The highest BCUT2D eigenvalue weighted by Gasteiger charge is 2.51. The summed E-state index contributed by atoms with van der Waals surface area (Å²) in [7, 11) is 0. The summed E-state index contributed by atoms with van der Waals surface area (Å²) >= 11 is 7.25. The number of hydrogen-bond donors (Lipinski definition) is 0. The van der Waals surface area contributed by atoms with Crippen molar-refractivity contribution in [2.24, 2.45) is 0 Å². The Kier molecular flexibility index (Phi) is 6.11. The van der Waals surface area contributed by atoms with Gasteiger partial charge in [-0.1, -0.05) is 123 Å². The molecule has 9 rings (SSSR count). The van der Waals surface area contributed by atoms with Gasteiger partial charge in [-0.05, 0) is 71.3 Å². The molecule has 3 aliphatic heterocycles. The Balaban J connectivity index is 1.49. The summed E-state index contributed by atoms with van der Waals surface area (Å²) in [6.45, 7) is 12.6. The molecule has 0 radical (unpaired) electrons. The van der Waals surface area contributed by atoms with E-state index in [0.29, 0.717) is 0 Å². The maximum atomic E-state index is 7.25. The Morgan fingerprint density at radius 2 is 0.596 bits per heavy atom. The van der Waals surface area contributed by atoms with Gasteiger partial charge in [0.25, 0.3) is 0 Å². The molecule has 0 saturated heterocycles. The quantitative estimate of drug-likeness (QED) is 0.167.